The first kappa shape index (κ1) is 26.2. The Morgan fingerprint density at radius 2 is 1.80 bits per heavy atom. The fraction of sp³-hybridized carbons (Fsp3) is 0.583. The summed E-state index contributed by atoms with van der Waals surface area (Å²) in [4.78, 5) is -0.101. The predicted octanol–water partition coefficient (Wildman–Crippen LogP) is 5.75. The summed E-state index contributed by atoms with van der Waals surface area (Å²) in [6.07, 6.45) is 9.42. The fourth-order valence-electron chi connectivity index (χ4n) is 3.32. The number of sulfonamides is 1. The molecule has 0 heterocycles. The van der Waals surface area contributed by atoms with Crippen molar-refractivity contribution in [2.45, 2.75) is 97.4 Å². The van der Waals surface area contributed by atoms with Crippen LogP contribution >= 0.6 is 0 Å². The van der Waals surface area contributed by atoms with Crippen LogP contribution < -0.4 is 4.72 Å². The van der Waals surface area contributed by atoms with Crippen LogP contribution in [0.1, 0.15) is 84.8 Å². The van der Waals surface area contributed by atoms with Gasteiger partial charge < -0.3 is 10.2 Å². The van der Waals surface area contributed by atoms with Gasteiger partial charge in [0.2, 0.25) is 10.0 Å². The van der Waals surface area contributed by atoms with Gasteiger partial charge in [0.15, 0.2) is 0 Å². The van der Waals surface area contributed by atoms with Crippen LogP contribution in [0.2, 0.25) is 0 Å². The van der Waals surface area contributed by atoms with Crippen molar-refractivity contribution in [1.29, 1.82) is 0 Å². The average molecular weight is 438 g/mol. The quantitative estimate of drug-likeness (QED) is 0.287. The predicted molar refractivity (Wildman–Crippen MR) is 125 cm³/mol. The van der Waals surface area contributed by atoms with Crippen molar-refractivity contribution in [3.8, 4) is 11.5 Å². The number of aromatic hydroxyl groups is 2. The van der Waals surface area contributed by atoms with Crippen LogP contribution in [0.3, 0.4) is 0 Å². The summed E-state index contributed by atoms with van der Waals surface area (Å²) in [5.74, 6) is -0.404. The topological polar surface area (TPSA) is 86.6 Å². The summed E-state index contributed by atoms with van der Waals surface area (Å²) in [5.41, 5.74) is 3.10. The Labute approximate surface area is 183 Å². The third-order valence-corrected chi connectivity index (χ3v) is 6.64. The van der Waals surface area contributed by atoms with E-state index >= 15 is 0 Å². The second kappa shape index (κ2) is 12.2. The first-order valence-corrected chi connectivity index (χ1v) is 12.4. The van der Waals surface area contributed by atoms with E-state index in [0.717, 1.165) is 37.7 Å². The number of phenolic OH excluding ortho intramolecular Hbond substituents is 2. The Hall–Kier alpha value is -1.79. The van der Waals surface area contributed by atoms with Crippen LogP contribution in [0.15, 0.2) is 34.3 Å². The highest BCUT2D eigenvalue weighted by molar-refractivity contribution is 7.89. The van der Waals surface area contributed by atoms with E-state index in [2.05, 4.69) is 31.6 Å². The maximum Gasteiger partial charge on any atom is 0.244 e. The molecule has 0 saturated heterocycles. The molecule has 6 heteroatoms. The monoisotopic (exact) mass is 437 g/mol. The van der Waals surface area contributed by atoms with Crippen LogP contribution in [0.5, 0.6) is 11.5 Å². The highest BCUT2D eigenvalue weighted by atomic mass is 32.2. The lowest BCUT2D eigenvalue weighted by atomic mass is 10.00. The Kier molecular flexibility index (Phi) is 10.6. The second-order valence-corrected chi connectivity index (χ2v) is 10.2. The number of hydrogen-bond donors (Lipinski definition) is 3. The number of benzene rings is 1. The van der Waals surface area contributed by atoms with Crippen molar-refractivity contribution in [1.82, 2.24) is 4.72 Å². The van der Waals surface area contributed by atoms with Crippen molar-refractivity contribution in [2.24, 2.45) is 0 Å². The van der Waals surface area contributed by atoms with Crippen LogP contribution in [0.4, 0.5) is 0 Å². The summed E-state index contributed by atoms with van der Waals surface area (Å²) < 4.78 is 28.5. The molecule has 0 unspecified atom stereocenters. The van der Waals surface area contributed by atoms with E-state index in [1.165, 1.54) is 11.6 Å². The molecule has 0 fully saturated rings. The zero-order chi connectivity index (χ0) is 22.9. The molecule has 1 aromatic rings. The molecule has 0 aliphatic rings. The summed E-state index contributed by atoms with van der Waals surface area (Å²) >= 11 is 0. The molecule has 0 radical (unpaired) electrons. The molecule has 0 amide bonds. The summed E-state index contributed by atoms with van der Waals surface area (Å²) in [6.45, 7) is 11.7. The van der Waals surface area contributed by atoms with Crippen molar-refractivity contribution >= 4 is 10.0 Å². The average Bonchev–Trinajstić information content (AvgIpc) is 2.59. The minimum Gasteiger partial charge on any atom is -0.508 e. The summed E-state index contributed by atoms with van der Waals surface area (Å²) in [7, 11) is -3.90. The summed E-state index contributed by atoms with van der Waals surface area (Å²) in [5, 5.41) is 21.4. The minimum atomic E-state index is -3.90. The van der Waals surface area contributed by atoms with Gasteiger partial charge in [0.25, 0.3) is 0 Å². The van der Waals surface area contributed by atoms with Gasteiger partial charge in [0.1, 0.15) is 16.4 Å². The highest BCUT2D eigenvalue weighted by Gasteiger charge is 2.27. The number of unbranched alkanes of at least 4 members (excludes halogenated alkanes) is 2. The Balaban J connectivity index is 3.31. The van der Waals surface area contributed by atoms with E-state index in [0.29, 0.717) is 12.0 Å². The summed E-state index contributed by atoms with van der Waals surface area (Å²) in [6, 6.07) is 1.21. The number of allylic oxidation sites excluding steroid dienone is 4. The van der Waals surface area contributed by atoms with Crippen molar-refractivity contribution in [3.05, 3.63) is 40.5 Å². The first-order chi connectivity index (χ1) is 14.0. The van der Waals surface area contributed by atoms with E-state index in [-0.39, 0.29) is 34.4 Å². The second-order valence-electron chi connectivity index (χ2n) is 8.52. The Bertz CT molecular complexity index is 864. The standard InChI is InChI=1S/C24H39NO4S/c1-7-8-9-13-20-16-22(26)21(15-14-19(6)12-10-11-17(2)3)23(27)24(20)30(28,29)25-18(4)5/h11,14,16,18,25-27H,7-10,12-13,15H2,1-6H3/b19-14+. The lowest BCUT2D eigenvalue weighted by molar-refractivity contribution is 0.426. The normalized spacial score (nSPS) is 12.4. The molecule has 0 saturated carbocycles. The van der Waals surface area contributed by atoms with Crippen LogP contribution in [0.25, 0.3) is 0 Å². The lowest BCUT2D eigenvalue weighted by Gasteiger charge is -2.18. The smallest absolute Gasteiger partial charge is 0.244 e. The maximum atomic E-state index is 12.9. The van der Waals surface area contributed by atoms with Crippen LogP contribution in [0, 0.1) is 0 Å². The van der Waals surface area contributed by atoms with E-state index < -0.39 is 10.0 Å². The molecule has 0 atom stereocenters. The molecule has 0 aromatic heterocycles. The van der Waals surface area contributed by atoms with E-state index in [9.17, 15) is 18.6 Å². The molecular weight excluding hydrogens is 398 g/mol. The van der Waals surface area contributed by atoms with Crippen LogP contribution in [-0.4, -0.2) is 24.7 Å². The number of phenols is 2. The Morgan fingerprint density at radius 1 is 1.13 bits per heavy atom. The van der Waals surface area contributed by atoms with E-state index in [1.54, 1.807) is 13.8 Å². The van der Waals surface area contributed by atoms with Gasteiger partial charge in [-0.3, -0.25) is 0 Å². The molecule has 0 bridgehead atoms. The molecule has 30 heavy (non-hydrogen) atoms. The molecule has 3 N–H and O–H groups in total. The van der Waals surface area contributed by atoms with Gasteiger partial charge >= 0.3 is 0 Å². The number of nitrogens with one attached hydrogen (secondary N) is 1. The molecule has 5 nitrogen and oxygen atoms in total. The van der Waals surface area contributed by atoms with Gasteiger partial charge in [-0.15, -0.1) is 0 Å². The number of hydrogen-bond acceptors (Lipinski definition) is 4. The SMILES string of the molecule is CCCCCc1cc(O)c(C/C=C(\C)CCC=C(C)C)c(O)c1S(=O)(=O)NC(C)C. The molecule has 0 aliphatic carbocycles. The van der Waals surface area contributed by atoms with E-state index in [4.69, 9.17) is 0 Å². The molecule has 1 aromatic carbocycles. The third kappa shape index (κ3) is 8.15. The lowest BCUT2D eigenvalue weighted by Crippen LogP contribution is -2.31. The molecule has 0 aliphatic heterocycles. The number of rotatable bonds is 12. The Morgan fingerprint density at radius 3 is 2.37 bits per heavy atom. The van der Waals surface area contributed by atoms with Gasteiger partial charge in [-0.1, -0.05) is 43.1 Å². The van der Waals surface area contributed by atoms with Gasteiger partial charge in [-0.05, 0) is 78.4 Å². The fourth-order valence-corrected chi connectivity index (χ4v) is 4.94. The third-order valence-electron chi connectivity index (χ3n) is 4.87. The highest BCUT2D eigenvalue weighted by Crippen LogP contribution is 2.38. The number of aryl methyl sites for hydroxylation is 1. The maximum absolute atomic E-state index is 12.9. The van der Waals surface area contributed by atoms with Gasteiger partial charge in [-0.25, -0.2) is 13.1 Å². The minimum absolute atomic E-state index is 0.0594. The van der Waals surface area contributed by atoms with Gasteiger partial charge in [0.05, 0.1) is 0 Å². The van der Waals surface area contributed by atoms with Crippen molar-refractivity contribution in [2.75, 3.05) is 0 Å². The molecule has 1 rings (SSSR count). The zero-order valence-corrected chi connectivity index (χ0v) is 20.2. The largest absolute Gasteiger partial charge is 0.508 e. The van der Waals surface area contributed by atoms with Crippen molar-refractivity contribution < 1.29 is 18.6 Å². The zero-order valence-electron chi connectivity index (χ0n) is 19.4. The molecule has 170 valence electrons. The van der Waals surface area contributed by atoms with Crippen LogP contribution in [-0.2, 0) is 22.9 Å². The molecule has 0 spiro atoms. The first-order valence-electron chi connectivity index (χ1n) is 10.9. The van der Waals surface area contributed by atoms with E-state index in [1.807, 2.05) is 13.0 Å². The van der Waals surface area contributed by atoms with Crippen molar-refractivity contribution in [3.63, 3.8) is 0 Å². The van der Waals surface area contributed by atoms with Gasteiger partial charge in [-0.2, -0.15) is 0 Å². The molecular formula is C24H39NO4S. The van der Waals surface area contributed by atoms with Gasteiger partial charge in [0, 0.05) is 11.6 Å².